The lowest BCUT2D eigenvalue weighted by molar-refractivity contribution is 0.0955. The highest BCUT2D eigenvalue weighted by atomic mass is 35.5. The van der Waals surface area contributed by atoms with Crippen LogP contribution in [-0.4, -0.2) is 18.9 Å². The minimum absolute atomic E-state index is 0. The number of aryl methyl sites for hydroxylation is 1. The molecule has 84 valence electrons. The second-order valence-corrected chi connectivity index (χ2v) is 3.43. The van der Waals surface area contributed by atoms with E-state index < -0.39 is 0 Å². The Morgan fingerprint density at radius 3 is 2.67 bits per heavy atom. The van der Waals surface area contributed by atoms with Gasteiger partial charge in [-0.3, -0.25) is 4.79 Å². The van der Waals surface area contributed by atoms with E-state index in [4.69, 9.17) is 0 Å². The summed E-state index contributed by atoms with van der Waals surface area (Å²) in [5.74, 6) is 0.155. The molecule has 1 aromatic rings. The molecule has 0 heterocycles. The lowest BCUT2D eigenvalue weighted by atomic mass is 10.0. The summed E-state index contributed by atoms with van der Waals surface area (Å²) in [4.78, 5) is 11.8. The Bertz CT molecular complexity index is 325. The maximum atomic E-state index is 11.8. The Morgan fingerprint density at radius 2 is 2.13 bits per heavy atom. The third-order valence-corrected chi connectivity index (χ3v) is 2.45. The zero-order valence-electron chi connectivity index (χ0n) is 9.41. The molecule has 0 saturated carbocycles. The molecular formula is C12H18ClNO. The van der Waals surface area contributed by atoms with Gasteiger partial charge in [0.15, 0.2) is 5.78 Å². The average molecular weight is 228 g/mol. The van der Waals surface area contributed by atoms with Gasteiger partial charge in [0.2, 0.25) is 0 Å². The summed E-state index contributed by atoms with van der Waals surface area (Å²) < 4.78 is 0. The zero-order chi connectivity index (χ0) is 10.6. The molecule has 1 unspecified atom stereocenters. The van der Waals surface area contributed by atoms with Gasteiger partial charge >= 0.3 is 0 Å². The molecule has 0 fully saturated rings. The molecule has 0 bridgehead atoms. The van der Waals surface area contributed by atoms with Crippen LogP contribution in [0.1, 0.15) is 29.8 Å². The third-order valence-electron chi connectivity index (χ3n) is 2.45. The summed E-state index contributed by atoms with van der Waals surface area (Å²) >= 11 is 0. The highest BCUT2D eigenvalue weighted by Crippen LogP contribution is 2.08. The first kappa shape index (κ1) is 14.1. The van der Waals surface area contributed by atoms with E-state index in [0.717, 1.165) is 12.0 Å². The third kappa shape index (κ3) is 3.65. The molecule has 3 heteroatoms. The molecular weight excluding hydrogens is 210 g/mol. The van der Waals surface area contributed by atoms with Crippen LogP contribution in [0.2, 0.25) is 0 Å². The van der Waals surface area contributed by atoms with Crippen molar-refractivity contribution < 1.29 is 4.79 Å². The van der Waals surface area contributed by atoms with Crippen molar-refractivity contribution >= 4 is 18.2 Å². The largest absolute Gasteiger partial charge is 0.310 e. The number of ketones is 1. The molecule has 1 rings (SSSR count). The maximum Gasteiger partial charge on any atom is 0.179 e. The van der Waals surface area contributed by atoms with Crippen LogP contribution in [0.15, 0.2) is 24.3 Å². The molecule has 0 spiro atoms. The molecule has 15 heavy (non-hydrogen) atoms. The molecule has 1 aromatic carbocycles. The Hall–Kier alpha value is -0.860. The lowest BCUT2D eigenvalue weighted by Crippen LogP contribution is -2.30. The summed E-state index contributed by atoms with van der Waals surface area (Å²) in [6.07, 6.45) is 0.967. The van der Waals surface area contributed by atoms with Crippen LogP contribution in [0.3, 0.4) is 0 Å². The van der Waals surface area contributed by atoms with E-state index in [1.165, 1.54) is 5.56 Å². The van der Waals surface area contributed by atoms with E-state index in [-0.39, 0.29) is 24.2 Å². The summed E-state index contributed by atoms with van der Waals surface area (Å²) in [7, 11) is 1.80. The van der Waals surface area contributed by atoms with Crippen molar-refractivity contribution in [1.29, 1.82) is 0 Å². The first-order chi connectivity index (χ1) is 6.69. The monoisotopic (exact) mass is 227 g/mol. The van der Waals surface area contributed by atoms with Crippen molar-refractivity contribution in [2.45, 2.75) is 26.3 Å². The molecule has 0 saturated heterocycles. The van der Waals surface area contributed by atoms with Crippen LogP contribution in [0.25, 0.3) is 0 Å². The lowest BCUT2D eigenvalue weighted by Gasteiger charge is -2.09. The van der Waals surface area contributed by atoms with E-state index in [1.807, 2.05) is 31.2 Å². The van der Waals surface area contributed by atoms with Gasteiger partial charge in [0.1, 0.15) is 0 Å². The number of nitrogens with one attached hydrogen (secondary N) is 1. The van der Waals surface area contributed by atoms with Crippen LogP contribution in [0, 0.1) is 0 Å². The van der Waals surface area contributed by atoms with Crippen LogP contribution >= 0.6 is 12.4 Å². The van der Waals surface area contributed by atoms with E-state index in [0.29, 0.717) is 0 Å². The summed E-state index contributed by atoms with van der Waals surface area (Å²) in [5.41, 5.74) is 2.00. The predicted molar refractivity (Wildman–Crippen MR) is 65.9 cm³/mol. The molecule has 0 amide bonds. The molecule has 0 aliphatic heterocycles. The number of halogens is 1. The quantitative estimate of drug-likeness (QED) is 0.801. The Balaban J connectivity index is 0.00000196. The number of likely N-dealkylation sites (N-methyl/N-ethyl adjacent to an activating group) is 1. The molecule has 0 aliphatic carbocycles. The highest BCUT2D eigenvalue weighted by Gasteiger charge is 2.12. The number of carbonyl (C=O) groups excluding carboxylic acids is 1. The van der Waals surface area contributed by atoms with Gasteiger partial charge in [-0.1, -0.05) is 25.1 Å². The molecule has 0 radical (unpaired) electrons. The normalized spacial score (nSPS) is 11.7. The minimum atomic E-state index is -0.109. The van der Waals surface area contributed by atoms with Gasteiger partial charge in [0.05, 0.1) is 6.04 Å². The smallest absolute Gasteiger partial charge is 0.179 e. The molecule has 0 aliphatic rings. The van der Waals surface area contributed by atoms with Crippen molar-refractivity contribution in [3.05, 3.63) is 35.4 Å². The second-order valence-electron chi connectivity index (χ2n) is 3.43. The fourth-order valence-corrected chi connectivity index (χ4v) is 1.33. The fraction of sp³-hybridized carbons (Fsp3) is 0.417. The van der Waals surface area contributed by atoms with Gasteiger partial charge in [-0.15, -0.1) is 12.4 Å². The van der Waals surface area contributed by atoms with Crippen molar-refractivity contribution in [3.63, 3.8) is 0 Å². The molecule has 1 atom stereocenters. The van der Waals surface area contributed by atoms with Crippen molar-refractivity contribution in [2.75, 3.05) is 7.05 Å². The highest BCUT2D eigenvalue weighted by molar-refractivity contribution is 5.99. The molecule has 1 N–H and O–H groups in total. The van der Waals surface area contributed by atoms with Crippen LogP contribution in [-0.2, 0) is 6.42 Å². The standard InChI is InChI=1S/C12H17NO.ClH/c1-4-10-6-5-7-11(8-10)12(14)9(2)13-3;/h5-9,13H,4H2,1-3H3;1H. The number of hydrogen-bond acceptors (Lipinski definition) is 2. The van der Waals surface area contributed by atoms with Gasteiger partial charge in [-0.2, -0.15) is 0 Å². The maximum absolute atomic E-state index is 11.8. The van der Waals surface area contributed by atoms with E-state index in [1.54, 1.807) is 7.05 Å². The van der Waals surface area contributed by atoms with Crippen molar-refractivity contribution in [2.24, 2.45) is 0 Å². The number of rotatable bonds is 4. The number of Topliss-reactive ketones (excluding diaryl/α,β-unsaturated/α-hetero) is 1. The van der Waals surface area contributed by atoms with Gasteiger partial charge in [-0.05, 0) is 32.0 Å². The van der Waals surface area contributed by atoms with Gasteiger partial charge < -0.3 is 5.32 Å². The first-order valence-electron chi connectivity index (χ1n) is 4.99. The summed E-state index contributed by atoms with van der Waals surface area (Å²) in [6, 6.07) is 7.71. The number of benzene rings is 1. The van der Waals surface area contributed by atoms with Gasteiger partial charge in [0.25, 0.3) is 0 Å². The van der Waals surface area contributed by atoms with E-state index >= 15 is 0 Å². The molecule has 0 aromatic heterocycles. The average Bonchev–Trinajstić information content (AvgIpc) is 2.27. The van der Waals surface area contributed by atoms with Crippen LogP contribution in [0.5, 0.6) is 0 Å². The number of hydrogen-bond donors (Lipinski definition) is 1. The van der Waals surface area contributed by atoms with Crippen molar-refractivity contribution in [1.82, 2.24) is 5.32 Å². The predicted octanol–water partition coefficient (Wildman–Crippen LogP) is 2.46. The first-order valence-corrected chi connectivity index (χ1v) is 4.99. The Morgan fingerprint density at radius 1 is 1.47 bits per heavy atom. The van der Waals surface area contributed by atoms with Crippen molar-refractivity contribution in [3.8, 4) is 0 Å². The van der Waals surface area contributed by atoms with Crippen LogP contribution < -0.4 is 5.32 Å². The summed E-state index contributed by atoms with van der Waals surface area (Å²) in [6.45, 7) is 3.96. The minimum Gasteiger partial charge on any atom is -0.310 e. The fourth-order valence-electron chi connectivity index (χ4n) is 1.33. The Labute approximate surface area is 97.5 Å². The van der Waals surface area contributed by atoms with Gasteiger partial charge in [-0.25, -0.2) is 0 Å². The van der Waals surface area contributed by atoms with Crippen LogP contribution in [0.4, 0.5) is 0 Å². The topological polar surface area (TPSA) is 29.1 Å². The van der Waals surface area contributed by atoms with E-state index in [2.05, 4.69) is 12.2 Å². The van der Waals surface area contributed by atoms with Gasteiger partial charge in [0, 0.05) is 5.56 Å². The summed E-state index contributed by atoms with van der Waals surface area (Å²) in [5, 5.41) is 2.95. The van der Waals surface area contributed by atoms with E-state index in [9.17, 15) is 4.79 Å². The second kappa shape index (κ2) is 6.59. The zero-order valence-corrected chi connectivity index (χ0v) is 10.2. The molecule has 2 nitrogen and oxygen atoms in total. The SMILES string of the molecule is CCc1cccc(C(=O)C(C)NC)c1.Cl. The Kier molecular flexibility index (Phi) is 6.21. The number of carbonyl (C=O) groups is 1.